The minimum Gasteiger partial charge on any atom is -0.467 e. The van der Waals surface area contributed by atoms with E-state index in [1.165, 1.54) is 19.1 Å². The van der Waals surface area contributed by atoms with Gasteiger partial charge in [0.2, 0.25) is 5.91 Å². The lowest BCUT2D eigenvalue weighted by Crippen LogP contribution is -2.44. The predicted octanol–water partition coefficient (Wildman–Crippen LogP) is -0.0146. The molecule has 0 heterocycles. The van der Waals surface area contributed by atoms with Crippen LogP contribution in [0.1, 0.15) is 19.8 Å². The summed E-state index contributed by atoms with van der Waals surface area (Å²) in [5.74, 6) is -0.775. The van der Waals surface area contributed by atoms with Crippen LogP contribution in [0.4, 0.5) is 0 Å². The fourth-order valence-corrected chi connectivity index (χ4v) is 1.37. The van der Waals surface area contributed by atoms with Gasteiger partial charge in [-0.25, -0.2) is 4.79 Å². The number of ether oxygens (including phenoxy) is 1. The number of esters is 1. The number of hydrogen-bond acceptors (Lipinski definition) is 4. The number of amides is 1. The highest BCUT2D eigenvalue weighted by atomic mass is 16.5. The van der Waals surface area contributed by atoms with E-state index < -0.39 is 17.4 Å². The van der Waals surface area contributed by atoms with E-state index in [4.69, 9.17) is 0 Å². The number of carbonyl (C=O) groups is 3. The van der Waals surface area contributed by atoms with Gasteiger partial charge in [0.15, 0.2) is 0 Å². The van der Waals surface area contributed by atoms with E-state index in [0.717, 1.165) is 0 Å². The Morgan fingerprint density at radius 1 is 1.47 bits per heavy atom. The maximum atomic E-state index is 11.8. The molecule has 1 aliphatic carbocycles. The molecule has 15 heavy (non-hydrogen) atoms. The first-order valence-corrected chi connectivity index (χ1v) is 4.80. The summed E-state index contributed by atoms with van der Waals surface area (Å²) in [5.41, 5.74) is -0.864. The standard InChI is InChI=1S/C10H15NO4/c1-7(8(13)15-3)11(2)9(14)10(6-12)4-5-10/h6-7H,4-5H2,1-3H3/t7-/m1/s1. The SMILES string of the molecule is COC(=O)[C@@H](C)N(C)C(=O)C1(C=O)CC1. The molecule has 84 valence electrons. The molecule has 1 amide bonds. The molecule has 0 aromatic carbocycles. The van der Waals surface area contributed by atoms with Gasteiger partial charge in [-0.05, 0) is 19.8 Å². The summed E-state index contributed by atoms with van der Waals surface area (Å²) in [7, 11) is 2.78. The van der Waals surface area contributed by atoms with Crippen molar-refractivity contribution < 1.29 is 19.1 Å². The average Bonchev–Trinajstić information content (AvgIpc) is 3.05. The van der Waals surface area contributed by atoms with E-state index in [1.807, 2.05) is 0 Å². The highest BCUT2D eigenvalue weighted by molar-refractivity contribution is 6.01. The molecule has 0 aromatic heterocycles. The Balaban J connectivity index is 2.68. The van der Waals surface area contributed by atoms with Crippen LogP contribution >= 0.6 is 0 Å². The number of hydrogen-bond donors (Lipinski definition) is 0. The first kappa shape index (κ1) is 11.7. The zero-order valence-corrected chi connectivity index (χ0v) is 9.15. The molecule has 0 saturated heterocycles. The molecule has 0 bridgehead atoms. The Labute approximate surface area is 88.4 Å². The minimum absolute atomic E-state index is 0.296. The number of rotatable bonds is 4. The zero-order valence-electron chi connectivity index (χ0n) is 9.15. The summed E-state index contributed by atoms with van der Waals surface area (Å²) < 4.78 is 4.53. The number of carbonyl (C=O) groups excluding carboxylic acids is 3. The van der Waals surface area contributed by atoms with Crippen molar-refractivity contribution in [1.29, 1.82) is 0 Å². The summed E-state index contributed by atoms with van der Waals surface area (Å²) in [5, 5.41) is 0. The van der Waals surface area contributed by atoms with Gasteiger partial charge in [-0.1, -0.05) is 0 Å². The highest BCUT2D eigenvalue weighted by Gasteiger charge is 2.52. The topological polar surface area (TPSA) is 63.7 Å². The smallest absolute Gasteiger partial charge is 0.328 e. The second-order valence-corrected chi connectivity index (χ2v) is 3.89. The third-order valence-corrected chi connectivity index (χ3v) is 2.88. The Hall–Kier alpha value is -1.39. The van der Waals surface area contributed by atoms with Gasteiger partial charge in [0.05, 0.1) is 7.11 Å². The molecule has 0 aromatic rings. The lowest BCUT2D eigenvalue weighted by atomic mass is 10.1. The van der Waals surface area contributed by atoms with Gasteiger partial charge in [-0.2, -0.15) is 0 Å². The molecule has 1 fully saturated rings. The molecule has 1 rings (SSSR count). The van der Waals surface area contributed by atoms with E-state index >= 15 is 0 Å². The molecular weight excluding hydrogens is 198 g/mol. The van der Waals surface area contributed by atoms with Gasteiger partial charge in [-0.3, -0.25) is 4.79 Å². The molecule has 0 unspecified atom stereocenters. The van der Waals surface area contributed by atoms with Crippen molar-refractivity contribution >= 4 is 18.2 Å². The first-order chi connectivity index (χ1) is 6.98. The lowest BCUT2D eigenvalue weighted by Gasteiger charge is -2.25. The van der Waals surface area contributed by atoms with Crippen molar-refractivity contribution in [1.82, 2.24) is 4.90 Å². The van der Waals surface area contributed by atoms with E-state index in [1.54, 1.807) is 6.92 Å². The van der Waals surface area contributed by atoms with Crippen LogP contribution in [0.5, 0.6) is 0 Å². The lowest BCUT2D eigenvalue weighted by molar-refractivity contribution is -0.153. The second-order valence-electron chi connectivity index (χ2n) is 3.89. The zero-order chi connectivity index (χ0) is 11.6. The summed E-state index contributed by atoms with van der Waals surface area (Å²) in [6.07, 6.45) is 1.83. The Morgan fingerprint density at radius 2 is 2.00 bits per heavy atom. The van der Waals surface area contributed by atoms with Gasteiger partial charge in [-0.15, -0.1) is 0 Å². The third-order valence-electron chi connectivity index (χ3n) is 2.88. The predicted molar refractivity (Wildman–Crippen MR) is 52.0 cm³/mol. The Morgan fingerprint density at radius 3 is 2.33 bits per heavy atom. The molecule has 0 N–H and O–H groups in total. The number of methoxy groups -OCH3 is 1. The quantitative estimate of drug-likeness (QED) is 0.374. The van der Waals surface area contributed by atoms with Crippen molar-refractivity contribution in [3.05, 3.63) is 0 Å². The summed E-state index contributed by atoms with van der Waals surface area (Å²) >= 11 is 0. The maximum Gasteiger partial charge on any atom is 0.328 e. The van der Waals surface area contributed by atoms with Crippen LogP contribution in [0.15, 0.2) is 0 Å². The van der Waals surface area contributed by atoms with E-state index in [2.05, 4.69) is 4.74 Å². The molecule has 5 heteroatoms. The number of likely N-dealkylation sites (N-methyl/N-ethyl adjacent to an activating group) is 1. The van der Waals surface area contributed by atoms with Gasteiger partial charge < -0.3 is 14.4 Å². The van der Waals surface area contributed by atoms with Gasteiger partial charge in [0, 0.05) is 7.05 Å². The van der Waals surface area contributed by atoms with E-state index in [0.29, 0.717) is 19.1 Å². The van der Waals surface area contributed by atoms with E-state index in [-0.39, 0.29) is 5.91 Å². The molecule has 1 atom stereocenters. The number of nitrogens with zero attached hydrogens (tertiary/aromatic N) is 1. The van der Waals surface area contributed by atoms with Crippen LogP contribution in [-0.4, -0.2) is 43.3 Å². The van der Waals surface area contributed by atoms with Crippen LogP contribution in [-0.2, 0) is 19.1 Å². The van der Waals surface area contributed by atoms with Crippen molar-refractivity contribution in [2.75, 3.05) is 14.2 Å². The van der Waals surface area contributed by atoms with Crippen molar-refractivity contribution in [3.63, 3.8) is 0 Å². The van der Waals surface area contributed by atoms with Gasteiger partial charge in [0.25, 0.3) is 0 Å². The monoisotopic (exact) mass is 213 g/mol. The Kier molecular flexibility index (Phi) is 3.12. The largest absolute Gasteiger partial charge is 0.467 e. The van der Waals surface area contributed by atoms with Gasteiger partial charge in [0.1, 0.15) is 17.7 Å². The fraction of sp³-hybridized carbons (Fsp3) is 0.700. The summed E-state index contributed by atoms with van der Waals surface area (Å²) in [4.78, 5) is 35.0. The Bertz CT molecular complexity index is 296. The molecule has 5 nitrogen and oxygen atoms in total. The van der Waals surface area contributed by atoms with Crippen LogP contribution < -0.4 is 0 Å². The molecule has 1 aliphatic rings. The fourth-order valence-electron chi connectivity index (χ4n) is 1.37. The first-order valence-electron chi connectivity index (χ1n) is 4.80. The highest BCUT2D eigenvalue weighted by Crippen LogP contribution is 2.45. The molecule has 0 aliphatic heterocycles. The van der Waals surface area contributed by atoms with Crippen LogP contribution in [0, 0.1) is 5.41 Å². The second kappa shape index (κ2) is 4.00. The van der Waals surface area contributed by atoms with Gasteiger partial charge >= 0.3 is 5.97 Å². The molecular formula is C10H15NO4. The van der Waals surface area contributed by atoms with Crippen molar-refractivity contribution in [3.8, 4) is 0 Å². The summed E-state index contributed by atoms with van der Waals surface area (Å²) in [6, 6.07) is -0.653. The third kappa shape index (κ3) is 2.00. The van der Waals surface area contributed by atoms with Crippen LogP contribution in [0.25, 0.3) is 0 Å². The summed E-state index contributed by atoms with van der Waals surface area (Å²) in [6.45, 7) is 1.57. The maximum absolute atomic E-state index is 11.8. The number of aldehydes is 1. The van der Waals surface area contributed by atoms with Crippen molar-refractivity contribution in [2.45, 2.75) is 25.8 Å². The normalized spacial score (nSPS) is 18.9. The van der Waals surface area contributed by atoms with Crippen LogP contribution in [0.3, 0.4) is 0 Å². The van der Waals surface area contributed by atoms with Crippen molar-refractivity contribution in [2.24, 2.45) is 5.41 Å². The molecule has 1 saturated carbocycles. The molecule has 0 radical (unpaired) electrons. The van der Waals surface area contributed by atoms with Crippen LogP contribution in [0.2, 0.25) is 0 Å². The minimum atomic E-state index is -0.864. The average molecular weight is 213 g/mol. The molecule has 0 spiro atoms. The van der Waals surface area contributed by atoms with E-state index in [9.17, 15) is 14.4 Å².